The number of aromatic nitrogens is 1. The molecule has 1 atom stereocenters. The fourth-order valence-electron chi connectivity index (χ4n) is 8.19. The van der Waals surface area contributed by atoms with Gasteiger partial charge < -0.3 is 14.3 Å². The number of benzene rings is 8. The molecule has 0 fully saturated rings. The van der Waals surface area contributed by atoms with Gasteiger partial charge in [-0.25, -0.2) is 9.98 Å². The van der Waals surface area contributed by atoms with Crippen LogP contribution in [0.4, 0.5) is 0 Å². The lowest BCUT2D eigenvalue weighted by molar-refractivity contribution is 0.670. The van der Waals surface area contributed by atoms with Crippen molar-refractivity contribution < 1.29 is 4.42 Å². The molecule has 0 radical (unpaired) electrons. The van der Waals surface area contributed by atoms with Crippen LogP contribution in [0.25, 0.3) is 71.7 Å². The third kappa shape index (κ3) is 5.40. The van der Waals surface area contributed by atoms with E-state index in [4.69, 9.17) is 14.4 Å². The number of fused-ring (bicyclic) bond motifs is 6. The minimum absolute atomic E-state index is 0.300. The maximum Gasteiger partial charge on any atom is 0.159 e. The molecule has 10 aromatic rings. The van der Waals surface area contributed by atoms with Crippen LogP contribution >= 0.6 is 0 Å². The van der Waals surface area contributed by atoms with Crippen LogP contribution in [0.15, 0.2) is 209 Å². The Morgan fingerprint density at radius 2 is 1.14 bits per heavy atom. The minimum Gasteiger partial charge on any atom is -0.455 e. The van der Waals surface area contributed by atoms with Crippen LogP contribution in [0.2, 0.25) is 0 Å². The summed E-state index contributed by atoms with van der Waals surface area (Å²) in [5, 5.41) is 8.31. The van der Waals surface area contributed by atoms with Gasteiger partial charge in [0.25, 0.3) is 0 Å². The molecule has 0 spiro atoms. The Hall–Kier alpha value is -7.50. The summed E-state index contributed by atoms with van der Waals surface area (Å²) in [4.78, 5) is 10.4. The third-order valence-electron chi connectivity index (χ3n) is 10.9. The maximum atomic E-state index is 6.45. The zero-order chi connectivity index (χ0) is 37.0. The van der Waals surface area contributed by atoms with Crippen LogP contribution < -0.4 is 5.32 Å². The molecule has 0 bridgehead atoms. The Morgan fingerprint density at radius 3 is 2.04 bits per heavy atom. The molecule has 1 unspecified atom stereocenters. The number of nitrogens with zero attached hydrogens (tertiary/aromatic N) is 3. The number of aliphatic imine (C=N–C) groups is 2. The fourth-order valence-corrected chi connectivity index (χ4v) is 8.19. The SMILES string of the molecule is c1ccc(-c2cccc(C3=NC(c4ccccc4)NC(c4cccc(-n5c6ccccc6c6cc(-c7cccc8c7oc7ccccc78)ccc65)c4)=N3)c2)cc1. The molecule has 11 rings (SSSR count). The maximum absolute atomic E-state index is 6.45. The Kier molecular flexibility index (Phi) is 7.49. The molecule has 5 heteroatoms. The Bertz CT molecular complexity index is 3170. The van der Waals surface area contributed by atoms with E-state index in [1.807, 2.05) is 24.3 Å². The summed E-state index contributed by atoms with van der Waals surface area (Å²) in [5.41, 5.74) is 12.6. The highest BCUT2D eigenvalue weighted by atomic mass is 16.3. The molecular weight excluding hydrogens is 685 g/mol. The van der Waals surface area contributed by atoms with E-state index in [0.717, 1.165) is 83.4 Å². The molecule has 264 valence electrons. The van der Waals surface area contributed by atoms with E-state index >= 15 is 0 Å². The van der Waals surface area contributed by atoms with E-state index in [2.05, 4.69) is 180 Å². The first kappa shape index (κ1) is 32.0. The normalized spacial score (nSPS) is 14.2. The van der Waals surface area contributed by atoms with E-state index in [1.165, 1.54) is 10.8 Å². The first-order valence-corrected chi connectivity index (χ1v) is 18.9. The summed E-state index contributed by atoms with van der Waals surface area (Å²) >= 11 is 0. The van der Waals surface area contributed by atoms with E-state index in [9.17, 15) is 0 Å². The van der Waals surface area contributed by atoms with Gasteiger partial charge in [0.2, 0.25) is 0 Å². The van der Waals surface area contributed by atoms with Gasteiger partial charge in [0.1, 0.15) is 23.2 Å². The zero-order valence-corrected chi connectivity index (χ0v) is 30.3. The van der Waals surface area contributed by atoms with Crippen molar-refractivity contribution in [1.29, 1.82) is 0 Å². The van der Waals surface area contributed by atoms with Crippen molar-refractivity contribution in [2.24, 2.45) is 9.98 Å². The highest BCUT2D eigenvalue weighted by molar-refractivity contribution is 6.15. The fraction of sp³-hybridized carbons (Fsp3) is 0.0196. The number of hydrogen-bond acceptors (Lipinski definition) is 4. The lowest BCUT2D eigenvalue weighted by Crippen LogP contribution is -2.33. The molecule has 1 aliphatic heterocycles. The average Bonchev–Trinajstić information content (AvgIpc) is 3.83. The second-order valence-electron chi connectivity index (χ2n) is 14.2. The van der Waals surface area contributed by atoms with E-state index in [0.29, 0.717) is 5.84 Å². The Balaban J connectivity index is 1.03. The molecule has 0 saturated heterocycles. The minimum atomic E-state index is -0.300. The number of nitrogens with one attached hydrogen (secondary N) is 1. The van der Waals surface area contributed by atoms with Gasteiger partial charge in [0.05, 0.1) is 11.0 Å². The number of furan rings is 1. The second-order valence-corrected chi connectivity index (χ2v) is 14.2. The predicted molar refractivity (Wildman–Crippen MR) is 231 cm³/mol. The molecule has 3 heterocycles. The van der Waals surface area contributed by atoms with Gasteiger partial charge in [-0.05, 0) is 64.7 Å². The van der Waals surface area contributed by atoms with Gasteiger partial charge in [-0.2, -0.15) is 0 Å². The van der Waals surface area contributed by atoms with Gasteiger partial charge >= 0.3 is 0 Å². The van der Waals surface area contributed by atoms with Crippen molar-refractivity contribution >= 4 is 55.4 Å². The number of amidine groups is 2. The summed E-state index contributed by atoms with van der Waals surface area (Å²) < 4.78 is 8.81. The molecular formula is C51H34N4O. The van der Waals surface area contributed by atoms with Crippen molar-refractivity contribution in [1.82, 2.24) is 9.88 Å². The Morgan fingerprint density at radius 1 is 0.464 bits per heavy atom. The molecule has 5 nitrogen and oxygen atoms in total. The molecule has 0 aliphatic carbocycles. The highest BCUT2D eigenvalue weighted by Crippen LogP contribution is 2.39. The highest BCUT2D eigenvalue weighted by Gasteiger charge is 2.22. The van der Waals surface area contributed by atoms with Gasteiger partial charge in [-0.1, -0.05) is 152 Å². The van der Waals surface area contributed by atoms with Crippen LogP contribution in [-0.2, 0) is 0 Å². The number of para-hydroxylation sites is 3. The van der Waals surface area contributed by atoms with Gasteiger partial charge in [-0.3, -0.25) is 0 Å². The second kappa shape index (κ2) is 13.1. The average molecular weight is 719 g/mol. The van der Waals surface area contributed by atoms with Crippen LogP contribution in [0.5, 0.6) is 0 Å². The summed E-state index contributed by atoms with van der Waals surface area (Å²) in [6.45, 7) is 0. The number of rotatable bonds is 6. The molecule has 0 amide bonds. The summed E-state index contributed by atoms with van der Waals surface area (Å²) in [7, 11) is 0. The first-order chi connectivity index (χ1) is 27.7. The van der Waals surface area contributed by atoms with Crippen LogP contribution in [0.1, 0.15) is 22.9 Å². The summed E-state index contributed by atoms with van der Waals surface area (Å²) in [5.74, 6) is 1.47. The van der Waals surface area contributed by atoms with E-state index in [1.54, 1.807) is 0 Å². The molecule has 1 aliphatic rings. The quantitative estimate of drug-likeness (QED) is 0.186. The zero-order valence-electron chi connectivity index (χ0n) is 30.3. The summed E-state index contributed by atoms with van der Waals surface area (Å²) in [6.07, 6.45) is -0.300. The molecule has 0 saturated carbocycles. The Labute approximate surface area is 323 Å². The van der Waals surface area contributed by atoms with Crippen molar-refractivity contribution in [3.8, 4) is 27.9 Å². The smallest absolute Gasteiger partial charge is 0.159 e. The third-order valence-corrected chi connectivity index (χ3v) is 10.9. The topological polar surface area (TPSA) is 54.8 Å². The van der Waals surface area contributed by atoms with Crippen molar-refractivity contribution in [3.05, 3.63) is 211 Å². The largest absolute Gasteiger partial charge is 0.455 e. The van der Waals surface area contributed by atoms with Gasteiger partial charge in [0.15, 0.2) is 5.84 Å². The van der Waals surface area contributed by atoms with Gasteiger partial charge in [-0.15, -0.1) is 0 Å². The standard InChI is InChI=1S/C51H34N4O/c1-3-14-33(15-4-1)35-18-11-19-37(30-35)50-52-49(34-16-5-2-6-17-34)53-51(54-50)38-20-12-21-39(31-38)55-45-26-9-7-22-41(45)44-32-36(28-29-46(44)55)40-24-13-25-43-42-23-8-10-27-47(42)56-48(40)43/h1-32,49H,(H,52,53,54). The van der Waals surface area contributed by atoms with Crippen molar-refractivity contribution in [2.45, 2.75) is 6.17 Å². The molecule has 8 aromatic carbocycles. The molecule has 56 heavy (non-hydrogen) atoms. The van der Waals surface area contributed by atoms with E-state index < -0.39 is 0 Å². The predicted octanol–water partition coefficient (Wildman–Crippen LogP) is 12.5. The van der Waals surface area contributed by atoms with Crippen molar-refractivity contribution in [3.63, 3.8) is 0 Å². The molecule has 1 N–H and O–H groups in total. The molecule has 2 aromatic heterocycles. The van der Waals surface area contributed by atoms with Crippen LogP contribution in [-0.4, -0.2) is 16.2 Å². The van der Waals surface area contributed by atoms with Crippen molar-refractivity contribution in [2.75, 3.05) is 0 Å². The van der Waals surface area contributed by atoms with E-state index in [-0.39, 0.29) is 6.17 Å². The first-order valence-electron chi connectivity index (χ1n) is 18.9. The number of hydrogen-bond donors (Lipinski definition) is 1. The summed E-state index contributed by atoms with van der Waals surface area (Å²) in [6, 6.07) is 68.0. The lowest BCUT2D eigenvalue weighted by Gasteiger charge is -2.24. The lowest BCUT2D eigenvalue weighted by atomic mass is 10.0. The van der Waals surface area contributed by atoms with Crippen LogP contribution in [0.3, 0.4) is 0 Å². The monoisotopic (exact) mass is 718 g/mol. The van der Waals surface area contributed by atoms with Crippen LogP contribution in [0, 0.1) is 0 Å². The van der Waals surface area contributed by atoms with Gasteiger partial charge in [0, 0.05) is 43.9 Å².